The lowest BCUT2D eigenvalue weighted by molar-refractivity contribution is -0.129. The van der Waals surface area contributed by atoms with E-state index in [0.717, 1.165) is 19.4 Å². The summed E-state index contributed by atoms with van der Waals surface area (Å²) in [6.45, 7) is 1.10. The minimum absolute atomic E-state index is 0.0943. The third-order valence-corrected chi connectivity index (χ3v) is 6.75. The second-order valence-electron chi connectivity index (χ2n) is 6.82. The van der Waals surface area contributed by atoms with E-state index in [2.05, 4.69) is 21.6 Å². The zero-order chi connectivity index (χ0) is 19.6. The molecule has 0 aliphatic carbocycles. The predicted molar refractivity (Wildman–Crippen MR) is 108 cm³/mol. The molecule has 0 spiro atoms. The standard InChI is InChI=1S/C20H19N3O4S2/c24-18(23-9-3-5-13(23)17-8-4-10-28-17)12-29-20-22-21-19(27-20)16-11-25-14-6-1-2-7-15(14)26-16/h1-2,4,6-8,10,13,16H,3,5,9,11-12H2. The van der Waals surface area contributed by atoms with E-state index in [-0.39, 0.29) is 17.7 Å². The molecule has 2 unspecified atom stereocenters. The number of amides is 1. The molecule has 0 N–H and O–H groups in total. The summed E-state index contributed by atoms with van der Waals surface area (Å²) in [5.74, 6) is 2.08. The van der Waals surface area contributed by atoms with Gasteiger partial charge in [0.2, 0.25) is 12.0 Å². The van der Waals surface area contributed by atoms with Gasteiger partial charge in [-0.25, -0.2) is 0 Å². The van der Waals surface area contributed by atoms with Crippen molar-refractivity contribution in [1.82, 2.24) is 15.1 Å². The highest BCUT2D eigenvalue weighted by Crippen LogP contribution is 2.37. The maximum absolute atomic E-state index is 12.7. The van der Waals surface area contributed by atoms with E-state index >= 15 is 0 Å². The van der Waals surface area contributed by atoms with Crippen molar-refractivity contribution >= 4 is 29.0 Å². The number of hydrogen-bond acceptors (Lipinski definition) is 8. The Bertz CT molecular complexity index is 991. The summed E-state index contributed by atoms with van der Waals surface area (Å²) >= 11 is 2.96. The van der Waals surface area contributed by atoms with E-state index in [0.29, 0.717) is 29.2 Å². The zero-order valence-corrected chi connectivity index (χ0v) is 17.2. The van der Waals surface area contributed by atoms with E-state index < -0.39 is 6.10 Å². The summed E-state index contributed by atoms with van der Waals surface area (Å²) in [7, 11) is 0. The van der Waals surface area contributed by atoms with Crippen LogP contribution in [0.15, 0.2) is 51.4 Å². The molecule has 4 heterocycles. The number of rotatable bonds is 5. The molecule has 2 aliphatic rings. The van der Waals surface area contributed by atoms with Crippen LogP contribution in [0, 0.1) is 0 Å². The summed E-state index contributed by atoms with van der Waals surface area (Å²) < 4.78 is 17.3. The lowest BCUT2D eigenvalue weighted by atomic mass is 10.2. The molecule has 5 rings (SSSR count). The van der Waals surface area contributed by atoms with Gasteiger partial charge in [-0.2, -0.15) is 0 Å². The van der Waals surface area contributed by atoms with Crippen molar-refractivity contribution in [2.75, 3.05) is 18.9 Å². The number of hydrogen-bond donors (Lipinski definition) is 0. The Labute approximate surface area is 176 Å². The van der Waals surface area contributed by atoms with Crippen molar-refractivity contribution in [2.24, 2.45) is 0 Å². The molecule has 0 saturated carbocycles. The fourth-order valence-electron chi connectivity index (χ4n) is 3.60. The highest BCUT2D eigenvalue weighted by molar-refractivity contribution is 7.99. The summed E-state index contributed by atoms with van der Waals surface area (Å²) in [4.78, 5) is 16.0. The maximum atomic E-state index is 12.7. The Morgan fingerprint density at radius 1 is 1.21 bits per heavy atom. The SMILES string of the molecule is O=C(CSc1nnc(C2COc3ccccc3O2)o1)N1CCCC1c1cccs1. The van der Waals surface area contributed by atoms with Crippen molar-refractivity contribution in [1.29, 1.82) is 0 Å². The molecule has 0 bridgehead atoms. The number of carbonyl (C=O) groups is 1. The van der Waals surface area contributed by atoms with E-state index in [9.17, 15) is 4.79 Å². The topological polar surface area (TPSA) is 77.7 Å². The molecule has 0 radical (unpaired) electrons. The van der Waals surface area contributed by atoms with Crippen LogP contribution >= 0.6 is 23.1 Å². The molecule has 9 heteroatoms. The number of thiophene rings is 1. The average Bonchev–Trinajstić information content (AvgIpc) is 3.52. The molecular formula is C20H19N3O4S2. The molecule has 3 aromatic rings. The Kier molecular flexibility index (Phi) is 5.15. The highest BCUT2D eigenvalue weighted by atomic mass is 32.2. The number of fused-ring (bicyclic) bond motifs is 1. The lowest BCUT2D eigenvalue weighted by Crippen LogP contribution is -2.31. The smallest absolute Gasteiger partial charge is 0.277 e. The van der Waals surface area contributed by atoms with Gasteiger partial charge in [0.25, 0.3) is 11.1 Å². The van der Waals surface area contributed by atoms with E-state index in [4.69, 9.17) is 13.9 Å². The van der Waals surface area contributed by atoms with Crippen molar-refractivity contribution in [3.05, 3.63) is 52.5 Å². The van der Waals surface area contributed by atoms with E-state index in [1.807, 2.05) is 35.2 Å². The van der Waals surface area contributed by atoms with Crippen LogP contribution in [0.5, 0.6) is 11.5 Å². The normalized spacial score (nSPS) is 20.8. The van der Waals surface area contributed by atoms with Gasteiger partial charge in [0, 0.05) is 11.4 Å². The van der Waals surface area contributed by atoms with Crippen LogP contribution in [-0.4, -0.2) is 39.9 Å². The summed E-state index contributed by atoms with van der Waals surface area (Å²) in [5, 5.41) is 10.6. The number of carbonyl (C=O) groups excluding carboxylic acids is 1. The van der Waals surface area contributed by atoms with Crippen LogP contribution in [0.4, 0.5) is 0 Å². The van der Waals surface area contributed by atoms with Gasteiger partial charge in [0.1, 0.15) is 6.61 Å². The van der Waals surface area contributed by atoms with E-state index in [1.54, 1.807) is 11.3 Å². The minimum atomic E-state index is -0.454. The fraction of sp³-hybridized carbons (Fsp3) is 0.350. The molecule has 1 fully saturated rings. The largest absolute Gasteiger partial charge is 0.485 e. The average molecular weight is 430 g/mol. The van der Waals surface area contributed by atoms with Gasteiger partial charge in [-0.1, -0.05) is 30.0 Å². The second kappa shape index (κ2) is 8.08. The van der Waals surface area contributed by atoms with Gasteiger partial charge in [-0.05, 0) is 36.4 Å². The van der Waals surface area contributed by atoms with Gasteiger partial charge in [-0.15, -0.1) is 21.5 Å². The lowest BCUT2D eigenvalue weighted by Gasteiger charge is -2.24. The first-order valence-electron chi connectivity index (χ1n) is 9.45. The summed E-state index contributed by atoms with van der Waals surface area (Å²) in [6, 6.07) is 11.8. The Morgan fingerprint density at radius 2 is 2.10 bits per heavy atom. The number of likely N-dealkylation sites (tertiary alicyclic amines) is 1. The third kappa shape index (κ3) is 3.84. The fourth-order valence-corrected chi connectivity index (χ4v) is 5.13. The van der Waals surface area contributed by atoms with Crippen LogP contribution in [0.1, 0.15) is 35.8 Å². The van der Waals surface area contributed by atoms with Gasteiger partial charge in [-0.3, -0.25) is 4.79 Å². The number of thioether (sulfide) groups is 1. The number of ether oxygens (including phenoxy) is 2. The number of para-hydroxylation sites is 2. The van der Waals surface area contributed by atoms with Gasteiger partial charge in [0.05, 0.1) is 11.8 Å². The number of benzene rings is 1. The van der Waals surface area contributed by atoms with Crippen LogP contribution in [0.2, 0.25) is 0 Å². The first-order valence-corrected chi connectivity index (χ1v) is 11.3. The van der Waals surface area contributed by atoms with Crippen molar-refractivity contribution < 1.29 is 18.7 Å². The minimum Gasteiger partial charge on any atom is -0.485 e. The molecule has 1 saturated heterocycles. The first-order chi connectivity index (χ1) is 14.3. The van der Waals surface area contributed by atoms with Crippen LogP contribution in [-0.2, 0) is 4.79 Å². The van der Waals surface area contributed by atoms with Gasteiger partial charge < -0.3 is 18.8 Å². The van der Waals surface area contributed by atoms with Gasteiger partial charge >= 0.3 is 0 Å². The van der Waals surface area contributed by atoms with Gasteiger partial charge in [0.15, 0.2) is 11.5 Å². The first kappa shape index (κ1) is 18.5. The summed E-state index contributed by atoms with van der Waals surface area (Å²) in [5.41, 5.74) is 0. The number of nitrogens with zero attached hydrogens (tertiary/aromatic N) is 3. The molecule has 1 aromatic carbocycles. The molecule has 7 nitrogen and oxygen atoms in total. The van der Waals surface area contributed by atoms with Crippen LogP contribution in [0.3, 0.4) is 0 Å². The second-order valence-corrected chi connectivity index (χ2v) is 8.73. The van der Waals surface area contributed by atoms with Crippen molar-refractivity contribution in [3.63, 3.8) is 0 Å². The predicted octanol–water partition coefficient (Wildman–Crippen LogP) is 4.10. The maximum Gasteiger partial charge on any atom is 0.277 e. The highest BCUT2D eigenvalue weighted by Gasteiger charge is 2.31. The molecular weight excluding hydrogens is 410 g/mol. The monoisotopic (exact) mass is 429 g/mol. The quantitative estimate of drug-likeness (QED) is 0.565. The molecule has 2 atom stereocenters. The molecule has 29 heavy (non-hydrogen) atoms. The molecule has 150 valence electrons. The molecule has 1 amide bonds. The van der Waals surface area contributed by atoms with E-state index in [1.165, 1.54) is 16.6 Å². The Morgan fingerprint density at radius 3 is 2.97 bits per heavy atom. The third-order valence-electron chi connectivity index (χ3n) is 4.97. The molecule has 2 aliphatic heterocycles. The summed E-state index contributed by atoms with van der Waals surface area (Å²) in [6.07, 6.45) is 1.59. The Hall–Kier alpha value is -2.52. The number of aromatic nitrogens is 2. The zero-order valence-electron chi connectivity index (χ0n) is 15.5. The van der Waals surface area contributed by atoms with Crippen molar-refractivity contribution in [2.45, 2.75) is 30.2 Å². The van der Waals surface area contributed by atoms with Crippen LogP contribution in [0.25, 0.3) is 0 Å². The Balaban J connectivity index is 1.19. The van der Waals surface area contributed by atoms with Crippen LogP contribution < -0.4 is 9.47 Å². The van der Waals surface area contributed by atoms with Crippen molar-refractivity contribution in [3.8, 4) is 11.5 Å². The molecule has 2 aromatic heterocycles.